The molecule has 2 aromatic heterocycles. The van der Waals surface area contributed by atoms with E-state index in [2.05, 4.69) is 20.6 Å². The summed E-state index contributed by atoms with van der Waals surface area (Å²) >= 11 is 1.58. The predicted octanol–water partition coefficient (Wildman–Crippen LogP) is 2.30. The lowest BCUT2D eigenvalue weighted by molar-refractivity contribution is -0.121. The summed E-state index contributed by atoms with van der Waals surface area (Å²) in [5.41, 5.74) is 5.71. The summed E-state index contributed by atoms with van der Waals surface area (Å²) in [5.74, 6) is 0.978. The molecule has 0 saturated carbocycles. The number of carbonyl (C=O) groups excluding carboxylic acids is 1. The van der Waals surface area contributed by atoms with E-state index in [1.54, 1.807) is 11.3 Å². The lowest BCUT2D eigenvalue weighted by atomic mass is 10.2. The fraction of sp³-hybridized carbons (Fsp3) is 0.500. The molecule has 0 fully saturated rings. The number of nitrogens with one attached hydrogen (secondary N) is 2. The molecule has 1 unspecified atom stereocenters. The van der Waals surface area contributed by atoms with Crippen LogP contribution in [0.5, 0.6) is 0 Å². The smallest absolute Gasteiger partial charge is 0.223 e. The van der Waals surface area contributed by atoms with E-state index in [9.17, 15) is 4.79 Å². The van der Waals surface area contributed by atoms with Gasteiger partial charge in [0.15, 0.2) is 0 Å². The minimum atomic E-state index is 0.0385. The van der Waals surface area contributed by atoms with Crippen LogP contribution >= 0.6 is 11.3 Å². The first-order valence-electron chi connectivity index (χ1n) is 7.06. The number of carbonyl (C=O) groups is 1. The Morgan fingerprint density at radius 3 is 2.95 bits per heavy atom. The molecule has 0 spiro atoms. The van der Waals surface area contributed by atoms with E-state index in [-0.39, 0.29) is 17.9 Å². The predicted molar refractivity (Wildman–Crippen MR) is 87.6 cm³/mol. The Kier molecular flexibility index (Phi) is 4.95. The molecule has 0 aliphatic carbocycles. The number of fused-ring (bicyclic) bond motifs is 1. The monoisotopic (exact) mass is 307 g/mol. The highest BCUT2D eigenvalue weighted by molar-refractivity contribution is 7.18. The molecule has 0 bridgehead atoms. The number of amides is 1. The highest BCUT2D eigenvalue weighted by atomic mass is 32.1. The van der Waals surface area contributed by atoms with Crippen LogP contribution < -0.4 is 16.4 Å². The van der Waals surface area contributed by atoms with Gasteiger partial charge in [0.1, 0.15) is 10.6 Å². The average molecular weight is 307 g/mol. The van der Waals surface area contributed by atoms with Gasteiger partial charge in [-0.25, -0.2) is 4.98 Å². The van der Waals surface area contributed by atoms with Gasteiger partial charge in [0.2, 0.25) is 11.9 Å². The van der Waals surface area contributed by atoms with Crippen molar-refractivity contribution in [1.82, 2.24) is 15.3 Å². The number of hydrogen-bond acceptors (Lipinski definition) is 6. The molecule has 2 heterocycles. The zero-order valence-electron chi connectivity index (χ0n) is 12.6. The van der Waals surface area contributed by atoms with Crippen LogP contribution in [-0.2, 0) is 4.79 Å². The number of aryl methyl sites for hydroxylation is 1. The number of aromatic nitrogens is 2. The van der Waals surface area contributed by atoms with E-state index >= 15 is 0 Å². The van der Waals surface area contributed by atoms with E-state index in [1.165, 1.54) is 0 Å². The third-order valence-electron chi connectivity index (χ3n) is 3.20. The fourth-order valence-electron chi connectivity index (χ4n) is 1.94. The molecule has 7 heteroatoms. The molecule has 0 saturated heterocycles. The quantitative estimate of drug-likeness (QED) is 0.761. The number of hydrogen-bond donors (Lipinski definition) is 3. The molecule has 0 aromatic carbocycles. The van der Waals surface area contributed by atoms with Crippen LogP contribution in [-0.4, -0.2) is 28.5 Å². The van der Waals surface area contributed by atoms with E-state index in [1.807, 2.05) is 26.8 Å². The third kappa shape index (κ3) is 4.04. The molecule has 2 rings (SSSR count). The van der Waals surface area contributed by atoms with Gasteiger partial charge >= 0.3 is 0 Å². The molecule has 0 aliphatic rings. The molecule has 4 N–H and O–H groups in total. The van der Waals surface area contributed by atoms with Crippen molar-refractivity contribution in [2.24, 2.45) is 0 Å². The maximum atomic E-state index is 11.7. The number of rotatable bonds is 6. The van der Waals surface area contributed by atoms with Crippen LogP contribution in [0.15, 0.2) is 6.07 Å². The SMILES string of the molecule is CCC(C)NC(=O)CCNc1nc(N)nc2sc(C)cc12. The Hall–Kier alpha value is -1.89. The van der Waals surface area contributed by atoms with Crippen molar-refractivity contribution in [2.45, 2.75) is 39.7 Å². The molecule has 114 valence electrons. The van der Waals surface area contributed by atoms with Crippen LogP contribution in [0.2, 0.25) is 0 Å². The summed E-state index contributed by atoms with van der Waals surface area (Å²) in [6.07, 6.45) is 1.33. The molecule has 6 nitrogen and oxygen atoms in total. The summed E-state index contributed by atoms with van der Waals surface area (Å²) in [6, 6.07) is 2.24. The number of anilines is 2. The minimum absolute atomic E-state index is 0.0385. The van der Waals surface area contributed by atoms with Crippen molar-refractivity contribution < 1.29 is 4.79 Å². The molecule has 0 aliphatic heterocycles. The summed E-state index contributed by atoms with van der Waals surface area (Å²) < 4.78 is 0. The summed E-state index contributed by atoms with van der Waals surface area (Å²) in [5, 5.41) is 7.07. The zero-order chi connectivity index (χ0) is 15.4. The standard InChI is InChI=1S/C14H21N5OS/c1-4-8(2)17-11(20)5-6-16-12-10-7-9(3)21-13(10)19-14(15)18-12/h7-8H,4-6H2,1-3H3,(H,17,20)(H3,15,16,18,19). The maximum absolute atomic E-state index is 11.7. The van der Waals surface area contributed by atoms with E-state index < -0.39 is 0 Å². The summed E-state index contributed by atoms with van der Waals surface area (Å²) in [6.45, 7) is 6.57. The number of nitrogens with two attached hydrogens (primary N) is 1. The van der Waals surface area contributed by atoms with Crippen molar-refractivity contribution in [3.63, 3.8) is 0 Å². The fourth-order valence-corrected chi connectivity index (χ4v) is 2.82. The first kappa shape index (κ1) is 15.5. The Labute approximate surface area is 128 Å². The van der Waals surface area contributed by atoms with Crippen molar-refractivity contribution in [3.8, 4) is 0 Å². The molecule has 1 amide bonds. The van der Waals surface area contributed by atoms with Crippen LogP contribution in [0.1, 0.15) is 31.6 Å². The molecule has 21 heavy (non-hydrogen) atoms. The molecular weight excluding hydrogens is 286 g/mol. The Morgan fingerprint density at radius 2 is 2.24 bits per heavy atom. The first-order valence-corrected chi connectivity index (χ1v) is 7.88. The topological polar surface area (TPSA) is 92.9 Å². The van der Waals surface area contributed by atoms with Crippen LogP contribution in [0.4, 0.5) is 11.8 Å². The van der Waals surface area contributed by atoms with Gasteiger partial charge in [0.05, 0.1) is 5.39 Å². The lowest BCUT2D eigenvalue weighted by Crippen LogP contribution is -2.33. The zero-order valence-corrected chi connectivity index (χ0v) is 13.4. The van der Waals surface area contributed by atoms with Gasteiger partial charge < -0.3 is 16.4 Å². The van der Waals surface area contributed by atoms with Crippen molar-refractivity contribution in [1.29, 1.82) is 0 Å². The minimum Gasteiger partial charge on any atom is -0.369 e. The first-order chi connectivity index (χ1) is 9.99. The van der Waals surface area contributed by atoms with Gasteiger partial charge in [-0.05, 0) is 26.3 Å². The number of nitrogens with zero attached hydrogens (tertiary/aromatic N) is 2. The number of thiophene rings is 1. The second-order valence-electron chi connectivity index (χ2n) is 5.06. The highest BCUT2D eigenvalue weighted by Gasteiger charge is 2.10. The van der Waals surface area contributed by atoms with Gasteiger partial charge in [-0.2, -0.15) is 4.98 Å². The molecule has 1 atom stereocenters. The second kappa shape index (κ2) is 6.71. The Morgan fingerprint density at radius 1 is 1.48 bits per heavy atom. The van der Waals surface area contributed by atoms with Gasteiger partial charge in [-0.3, -0.25) is 4.79 Å². The van der Waals surface area contributed by atoms with Crippen molar-refractivity contribution in [3.05, 3.63) is 10.9 Å². The van der Waals surface area contributed by atoms with Gasteiger partial charge in [0.25, 0.3) is 0 Å². The Bertz CT molecular complexity index is 640. The van der Waals surface area contributed by atoms with Gasteiger partial charge in [0, 0.05) is 23.9 Å². The summed E-state index contributed by atoms with van der Waals surface area (Å²) in [7, 11) is 0. The largest absolute Gasteiger partial charge is 0.369 e. The number of nitrogen functional groups attached to an aromatic ring is 1. The van der Waals surface area contributed by atoms with E-state index in [0.29, 0.717) is 18.8 Å². The van der Waals surface area contributed by atoms with Crippen LogP contribution in [0, 0.1) is 6.92 Å². The van der Waals surface area contributed by atoms with Gasteiger partial charge in [-0.15, -0.1) is 11.3 Å². The van der Waals surface area contributed by atoms with E-state index in [4.69, 9.17) is 5.73 Å². The van der Waals surface area contributed by atoms with Crippen LogP contribution in [0.25, 0.3) is 10.2 Å². The lowest BCUT2D eigenvalue weighted by Gasteiger charge is -2.12. The normalized spacial score (nSPS) is 12.3. The summed E-state index contributed by atoms with van der Waals surface area (Å²) in [4.78, 5) is 22.2. The Balaban J connectivity index is 1.99. The van der Waals surface area contributed by atoms with Gasteiger partial charge in [-0.1, -0.05) is 6.92 Å². The van der Waals surface area contributed by atoms with Crippen molar-refractivity contribution in [2.75, 3.05) is 17.6 Å². The second-order valence-corrected chi connectivity index (χ2v) is 6.29. The molecule has 2 aromatic rings. The molecule has 0 radical (unpaired) electrons. The van der Waals surface area contributed by atoms with E-state index in [0.717, 1.165) is 21.5 Å². The highest BCUT2D eigenvalue weighted by Crippen LogP contribution is 2.28. The van der Waals surface area contributed by atoms with Crippen LogP contribution in [0.3, 0.4) is 0 Å². The average Bonchev–Trinajstić information content (AvgIpc) is 2.78. The molecular formula is C14H21N5OS. The maximum Gasteiger partial charge on any atom is 0.223 e. The third-order valence-corrected chi connectivity index (χ3v) is 4.14. The van der Waals surface area contributed by atoms with Crippen molar-refractivity contribution >= 4 is 39.2 Å².